The molecule has 9 heavy (non-hydrogen) atoms. The third kappa shape index (κ3) is 831. The lowest BCUT2D eigenvalue weighted by Crippen LogP contribution is -1.07. The normalized spacial score (nSPS) is 3.22. The van der Waals surface area contributed by atoms with Gasteiger partial charge < -0.3 is 0 Å². The van der Waals surface area contributed by atoms with Crippen LogP contribution in [-0.4, -0.2) is 0 Å². The summed E-state index contributed by atoms with van der Waals surface area (Å²) in [5.41, 5.74) is 0. The molecule has 0 aromatic rings. The molecule has 0 spiro atoms. The van der Waals surface area contributed by atoms with E-state index in [0.29, 0.717) is 0 Å². The first-order valence-electron chi connectivity index (χ1n) is 3.49. The highest BCUT2D eigenvalue weighted by molar-refractivity contribution is 4.51. The summed E-state index contributed by atoms with van der Waals surface area (Å²) in [6, 6.07) is 0. The van der Waals surface area contributed by atoms with Crippen LogP contribution in [0.3, 0.4) is 0 Å². The number of rotatable bonds is 0. The first-order chi connectivity index (χ1) is 4.41. The molecule has 0 aliphatic heterocycles. The molecule has 58 valence electrons. The second-order valence-corrected chi connectivity index (χ2v) is 0.408. The Morgan fingerprint density at radius 1 is 0.889 bits per heavy atom. The van der Waals surface area contributed by atoms with Crippen LogP contribution in [0.4, 0.5) is 0 Å². The first kappa shape index (κ1) is 23.6. The van der Waals surface area contributed by atoms with Crippen molar-refractivity contribution in [3.8, 4) is 0 Å². The number of hydrogen-bond donors (Lipinski definition) is 0. The van der Waals surface area contributed by atoms with Gasteiger partial charge in [0.05, 0.1) is 0 Å². The van der Waals surface area contributed by atoms with Crippen molar-refractivity contribution in [2.24, 2.45) is 0 Å². The van der Waals surface area contributed by atoms with Crippen LogP contribution in [0.25, 0.3) is 0 Å². The summed E-state index contributed by atoms with van der Waals surface area (Å²) in [6.45, 7) is 19.2. The molecule has 0 nitrogen and oxygen atoms in total. The second-order valence-electron chi connectivity index (χ2n) is 0.408. The van der Waals surface area contributed by atoms with Crippen LogP contribution in [-0.2, 0) is 0 Å². The molecule has 0 heteroatoms. The predicted octanol–water partition coefficient (Wildman–Crippen LogP) is 4.05. The van der Waals surface area contributed by atoms with Crippen LogP contribution < -0.4 is 0 Å². The monoisotopic (exact) mass is 130 g/mol. The Morgan fingerprint density at radius 3 is 0.889 bits per heavy atom. The minimum Gasteiger partial charge on any atom is -0.106 e. The van der Waals surface area contributed by atoms with E-state index in [1.807, 2.05) is 34.6 Å². The van der Waals surface area contributed by atoms with Gasteiger partial charge in [-0.05, 0) is 6.92 Å². The SMILES string of the molecule is C=C.C=CC.CC.CC. The zero-order valence-corrected chi connectivity index (χ0v) is 7.70. The smallest absolute Gasteiger partial charge is 0.0473 e. The fourth-order valence-electron chi connectivity index (χ4n) is 0. The third-order valence-corrected chi connectivity index (χ3v) is 0. The summed E-state index contributed by atoms with van der Waals surface area (Å²) in [5, 5.41) is 0. The molecule has 0 bridgehead atoms. The summed E-state index contributed by atoms with van der Waals surface area (Å²) in [6.07, 6.45) is 1.75. The van der Waals surface area contributed by atoms with Gasteiger partial charge in [-0.1, -0.05) is 33.8 Å². The van der Waals surface area contributed by atoms with E-state index in [9.17, 15) is 0 Å². The van der Waals surface area contributed by atoms with Crippen molar-refractivity contribution in [2.45, 2.75) is 34.6 Å². The minimum atomic E-state index is 1.75. The molecule has 0 saturated heterocycles. The van der Waals surface area contributed by atoms with Gasteiger partial charge in [0.15, 0.2) is 0 Å². The number of hydrogen-bond acceptors (Lipinski definition) is 0. The molecule has 0 heterocycles. The molecule has 0 unspecified atom stereocenters. The van der Waals surface area contributed by atoms with Crippen LogP contribution in [0.1, 0.15) is 34.6 Å². The van der Waals surface area contributed by atoms with Gasteiger partial charge in [-0.2, -0.15) is 0 Å². The molecule has 0 aromatic heterocycles. The molecule has 0 aliphatic carbocycles. The Balaban J connectivity index is -0.0000000190. The van der Waals surface area contributed by atoms with E-state index >= 15 is 0 Å². The Morgan fingerprint density at radius 2 is 0.889 bits per heavy atom. The Hall–Kier alpha value is -0.520. The molecule has 0 rings (SSSR count). The average Bonchev–Trinajstić information content (AvgIpc) is 2.01. The van der Waals surface area contributed by atoms with Crippen molar-refractivity contribution < 1.29 is 0 Å². The maximum Gasteiger partial charge on any atom is -0.0473 e. The molecule has 0 radical (unpaired) electrons. The van der Waals surface area contributed by atoms with E-state index in [2.05, 4.69) is 19.7 Å². The van der Waals surface area contributed by atoms with Gasteiger partial charge in [0, 0.05) is 0 Å². The van der Waals surface area contributed by atoms with Gasteiger partial charge in [-0.15, -0.1) is 19.7 Å². The summed E-state index contributed by atoms with van der Waals surface area (Å²) in [5.74, 6) is 0. The molecule has 0 amide bonds. The lowest BCUT2D eigenvalue weighted by atomic mass is 10.8. The summed E-state index contributed by atoms with van der Waals surface area (Å²) >= 11 is 0. The largest absolute Gasteiger partial charge is 0.106 e. The highest BCUT2D eigenvalue weighted by Crippen LogP contribution is 1.38. The van der Waals surface area contributed by atoms with E-state index < -0.39 is 0 Å². The van der Waals surface area contributed by atoms with Gasteiger partial charge >= 0.3 is 0 Å². The second kappa shape index (κ2) is 1360. The van der Waals surface area contributed by atoms with Crippen molar-refractivity contribution >= 4 is 0 Å². The van der Waals surface area contributed by atoms with Crippen molar-refractivity contribution in [3.05, 3.63) is 25.8 Å². The highest BCUT2D eigenvalue weighted by atomic mass is 13.2. The van der Waals surface area contributed by atoms with Crippen LogP contribution in [0.2, 0.25) is 0 Å². The Kier molecular flexibility index (Phi) is 3580. The standard InChI is InChI=1S/C3H6.2C2H6.C2H4/c1-3-2;3*1-2/h3H,1H2,2H3;2*1-2H3;1-2H2. The molecule has 0 saturated carbocycles. The third-order valence-electron chi connectivity index (χ3n) is 0. The highest BCUT2D eigenvalue weighted by Gasteiger charge is 1.15. The van der Waals surface area contributed by atoms with Gasteiger partial charge in [0.1, 0.15) is 0 Å². The van der Waals surface area contributed by atoms with Crippen LogP contribution in [0, 0.1) is 0 Å². The summed E-state index contributed by atoms with van der Waals surface area (Å²) in [7, 11) is 0. The summed E-state index contributed by atoms with van der Waals surface area (Å²) in [4.78, 5) is 0. The molecule has 0 aromatic carbocycles. The van der Waals surface area contributed by atoms with E-state index in [-0.39, 0.29) is 0 Å². The van der Waals surface area contributed by atoms with Crippen LogP contribution in [0.5, 0.6) is 0 Å². The van der Waals surface area contributed by atoms with Gasteiger partial charge in [0.2, 0.25) is 0 Å². The van der Waals surface area contributed by atoms with Crippen molar-refractivity contribution in [1.82, 2.24) is 0 Å². The zero-order valence-electron chi connectivity index (χ0n) is 7.70. The molecule has 0 fully saturated rings. The molecule has 0 atom stereocenters. The number of allylic oxidation sites excluding steroid dienone is 1. The topological polar surface area (TPSA) is 0 Å². The zero-order chi connectivity index (χ0) is 8.71. The quantitative estimate of drug-likeness (QED) is 0.434. The van der Waals surface area contributed by atoms with Gasteiger partial charge in [0.25, 0.3) is 0 Å². The minimum absolute atomic E-state index is 1.75. The van der Waals surface area contributed by atoms with Crippen molar-refractivity contribution in [2.75, 3.05) is 0 Å². The fourth-order valence-corrected chi connectivity index (χ4v) is 0. The Labute approximate surface area is 61.3 Å². The van der Waals surface area contributed by atoms with E-state index in [1.165, 1.54) is 0 Å². The lowest BCUT2D eigenvalue weighted by molar-refractivity contribution is 1.50. The van der Waals surface area contributed by atoms with Crippen molar-refractivity contribution in [3.63, 3.8) is 0 Å². The van der Waals surface area contributed by atoms with Crippen molar-refractivity contribution in [1.29, 1.82) is 0 Å². The lowest BCUT2D eigenvalue weighted by Gasteiger charge is -1.31. The predicted molar refractivity (Wildman–Crippen MR) is 49.8 cm³/mol. The van der Waals surface area contributed by atoms with Crippen LogP contribution >= 0.6 is 0 Å². The molecule has 0 N–H and O–H groups in total. The van der Waals surface area contributed by atoms with E-state index in [4.69, 9.17) is 0 Å². The van der Waals surface area contributed by atoms with E-state index in [1.54, 1.807) is 6.08 Å². The van der Waals surface area contributed by atoms with E-state index in [0.717, 1.165) is 0 Å². The molecular weight excluding hydrogens is 108 g/mol. The maximum atomic E-state index is 3.36. The van der Waals surface area contributed by atoms with Crippen LogP contribution in [0.15, 0.2) is 25.8 Å². The molecular formula is C9H22. The first-order valence-corrected chi connectivity index (χ1v) is 3.49. The fraction of sp³-hybridized carbons (Fsp3) is 0.556. The summed E-state index contributed by atoms with van der Waals surface area (Å²) < 4.78 is 0. The maximum absolute atomic E-state index is 3.36. The van der Waals surface area contributed by atoms with Gasteiger partial charge in [-0.25, -0.2) is 0 Å². The Bertz CT molecular complexity index is 14.0. The average molecular weight is 130 g/mol. The van der Waals surface area contributed by atoms with Gasteiger partial charge in [-0.3, -0.25) is 0 Å². The molecule has 0 aliphatic rings.